The normalized spacial score (nSPS) is 16.1. The van der Waals surface area contributed by atoms with Crippen molar-refractivity contribution in [2.75, 3.05) is 19.6 Å². The molecule has 2 N–H and O–H groups in total. The number of nitrogens with one attached hydrogen (secondary N) is 2. The summed E-state index contributed by atoms with van der Waals surface area (Å²) in [6, 6.07) is 16.9. The van der Waals surface area contributed by atoms with Crippen molar-refractivity contribution >= 4 is 5.91 Å². The first kappa shape index (κ1) is 31.4. The number of carbonyl (C=O) groups is 1. The van der Waals surface area contributed by atoms with Crippen molar-refractivity contribution in [2.24, 2.45) is 0 Å². The number of hydrogen-bond acceptors (Lipinski definition) is 4. The topological polar surface area (TPSA) is 57.3 Å². The molecule has 3 aromatic rings. The molecule has 0 bridgehead atoms. The molecule has 2 heterocycles. The second-order valence-corrected chi connectivity index (χ2v) is 10.6. The van der Waals surface area contributed by atoms with Gasteiger partial charge < -0.3 is 10.6 Å². The standard InChI is InChI=1S/C26H38N4O.C7H6F2/c1-3-22-8-6-9-23(18-22)19-28-15-12-21(2)29-26(31)13-17-30-16-5-4-11-25(30)24-10-7-14-27-20-24;1-5-2-6(8)4-7(9)3-5/h6-10,14,18,20-21,25,28H,3-5,11-13,15-17,19H2,1-2H3,(H,29,31);2-4H,1H3. The van der Waals surface area contributed by atoms with Crippen molar-refractivity contribution in [1.82, 2.24) is 20.5 Å². The van der Waals surface area contributed by atoms with E-state index < -0.39 is 11.6 Å². The summed E-state index contributed by atoms with van der Waals surface area (Å²) in [4.78, 5) is 19.2. The van der Waals surface area contributed by atoms with Crippen LogP contribution in [-0.4, -0.2) is 41.5 Å². The van der Waals surface area contributed by atoms with E-state index in [9.17, 15) is 13.6 Å². The molecular weight excluding hydrogens is 506 g/mol. The van der Waals surface area contributed by atoms with Gasteiger partial charge in [-0.05, 0) is 93.1 Å². The first-order valence-electron chi connectivity index (χ1n) is 14.5. The Morgan fingerprint density at radius 3 is 2.55 bits per heavy atom. The maximum Gasteiger partial charge on any atom is 0.221 e. The maximum atomic E-state index is 12.5. The van der Waals surface area contributed by atoms with E-state index in [-0.39, 0.29) is 11.9 Å². The molecule has 7 heteroatoms. The Morgan fingerprint density at radius 2 is 1.85 bits per heavy atom. The van der Waals surface area contributed by atoms with Gasteiger partial charge in [0.1, 0.15) is 11.6 Å². The van der Waals surface area contributed by atoms with Gasteiger partial charge in [0, 0.05) is 50.1 Å². The van der Waals surface area contributed by atoms with E-state index in [1.807, 2.05) is 18.5 Å². The van der Waals surface area contributed by atoms with Crippen LogP contribution in [0.2, 0.25) is 0 Å². The number of aryl methyl sites for hydroxylation is 2. The van der Waals surface area contributed by atoms with E-state index in [1.54, 1.807) is 6.92 Å². The number of amides is 1. The lowest BCUT2D eigenvalue weighted by atomic mass is 9.96. The lowest BCUT2D eigenvalue weighted by molar-refractivity contribution is -0.122. The van der Waals surface area contributed by atoms with Crippen molar-refractivity contribution in [3.63, 3.8) is 0 Å². The Bertz CT molecular complexity index is 1120. The molecule has 0 saturated carbocycles. The zero-order chi connectivity index (χ0) is 28.7. The second kappa shape index (κ2) is 16.8. The minimum atomic E-state index is -0.521. The van der Waals surface area contributed by atoms with Gasteiger partial charge in [0.15, 0.2) is 0 Å². The summed E-state index contributed by atoms with van der Waals surface area (Å²) in [6.07, 6.45) is 9.95. The van der Waals surface area contributed by atoms with E-state index in [2.05, 4.69) is 64.7 Å². The average Bonchev–Trinajstić information content (AvgIpc) is 2.94. The van der Waals surface area contributed by atoms with Crippen molar-refractivity contribution in [3.8, 4) is 0 Å². The van der Waals surface area contributed by atoms with Crippen LogP contribution in [0.3, 0.4) is 0 Å². The number of halogens is 2. The third-order valence-electron chi connectivity index (χ3n) is 7.21. The van der Waals surface area contributed by atoms with Gasteiger partial charge in [-0.1, -0.05) is 43.7 Å². The number of benzene rings is 2. The molecule has 0 spiro atoms. The number of rotatable bonds is 11. The molecule has 2 unspecified atom stereocenters. The molecule has 0 radical (unpaired) electrons. The zero-order valence-corrected chi connectivity index (χ0v) is 24.1. The molecule has 1 amide bonds. The van der Waals surface area contributed by atoms with Crippen LogP contribution in [0.25, 0.3) is 0 Å². The Morgan fingerprint density at radius 1 is 1.07 bits per heavy atom. The lowest BCUT2D eigenvalue weighted by Gasteiger charge is -2.35. The molecule has 1 aromatic heterocycles. The van der Waals surface area contributed by atoms with Crippen molar-refractivity contribution < 1.29 is 13.6 Å². The SMILES string of the molecule is CCc1cccc(CNCCC(C)NC(=O)CCN2CCCCC2c2cccnc2)c1.Cc1cc(F)cc(F)c1. The molecule has 1 saturated heterocycles. The van der Waals surface area contributed by atoms with Gasteiger partial charge >= 0.3 is 0 Å². The van der Waals surface area contributed by atoms with E-state index in [4.69, 9.17) is 0 Å². The highest BCUT2D eigenvalue weighted by Crippen LogP contribution is 2.30. The van der Waals surface area contributed by atoms with Crippen LogP contribution in [-0.2, 0) is 17.8 Å². The van der Waals surface area contributed by atoms with Crippen LogP contribution in [0.5, 0.6) is 0 Å². The number of hydrogen-bond donors (Lipinski definition) is 2. The van der Waals surface area contributed by atoms with E-state index in [1.165, 1.54) is 41.7 Å². The first-order chi connectivity index (χ1) is 19.3. The predicted molar refractivity (Wildman–Crippen MR) is 158 cm³/mol. The van der Waals surface area contributed by atoms with Gasteiger partial charge in [-0.2, -0.15) is 0 Å². The minimum Gasteiger partial charge on any atom is -0.354 e. The Balaban J connectivity index is 0.000000415. The fraction of sp³-hybridized carbons (Fsp3) is 0.455. The third-order valence-corrected chi connectivity index (χ3v) is 7.21. The second-order valence-electron chi connectivity index (χ2n) is 10.6. The molecule has 5 nitrogen and oxygen atoms in total. The highest BCUT2D eigenvalue weighted by molar-refractivity contribution is 5.76. The smallest absolute Gasteiger partial charge is 0.221 e. The van der Waals surface area contributed by atoms with Crippen LogP contribution in [0.15, 0.2) is 67.0 Å². The zero-order valence-electron chi connectivity index (χ0n) is 24.1. The van der Waals surface area contributed by atoms with Crippen LogP contribution >= 0.6 is 0 Å². The van der Waals surface area contributed by atoms with Crippen molar-refractivity contribution in [2.45, 2.75) is 77.9 Å². The molecule has 1 aliphatic rings. The van der Waals surface area contributed by atoms with Gasteiger partial charge in [-0.15, -0.1) is 0 Å². The van der Waals surface area contributed by atoms with Gasteiger partial charge in [-0.25, -0.2) is 8.78 Å². The number of pyridine rings is 1. The fourth-order valence-electron chi connectivity index (χ4n) is 5.08. The van der Waals surface area contributed by atoms with E-state index in [0.29, 0.717) is 18.0 Å². The molecular formula is C33H44F2N4O. The predicted octanol–water partition coefficient (Wildman–Crippen LogP) is 6.52. The maximum absolute atomic E-state index is 12.5. The summed E-state index contributed by atoms with van der Waals surface area (Å²) in [5.41, 5.74) is 4.57. The largest absolute Gasteiger partial charge is 0.354 e. The van der Waals surface area contributed by atoms with Crippen LogP contribution < -0.4 is 10.6 Å². The first-order valence-corrected chi connectivity index (χ1v) is 14.5. The monoisotopic (exact) mass is 550 g/mol. The summed E-state index contributed by atoms with van der Waals surface area (Å²) in [5.74, 6) is -0.890. The molecule has 1 fully saturated rings. The number of likely N-dealkylation sites (tertiary alicyclic amines) is 1. The van der Waals surface area contributed by atoms with Crippen LogP contribution in [0.1, 0.15) is 74.2 Å². The number of carbonyl (C=O) groups excluding carboxylic acids is 1. The molecule has 216 valence electrons. The highest BCUT2D eigenvalue weighted by Gasteiger charge is 2.24. The number of aromatic nitrogens is 1. The molecule has 40 heavy (non-hydrogen) atoms. The Labute approximate surface area is 238 Å². The Kier molecular flexibility index (Phi) is 13.2. The van der Waals surface area contributed by atoms with Gasteiger partial charge in [-0.3, -0.25) is 14.7 Å². The fourth-order valence-corrected chi connectivity index (χ4v) is 5.08. The van der Waals surface area contributed by atoms with Crippen LogP contribution in [0, 0.1) is 18.6 Å². The molecule has 0 aliphatic carbocycles. The minimum absolute atomic E-state index is 0.152. The summed E-state index contributed by atoms with van der Waals surface area (Å²) in [7, 11) is 0. The molecule has 1 aliphatic heterocycles. The van der Waals surface area contributed by atoms with Gasteiger partial charge in [0.2, 0.25) is 5.91 Å². The summed E-state index contributed by atoms with van der Waals surface area (Å²) >= 11 is 0. The third kappa shape index (κ3) is 11.1. The summed E-state index contributed by atoms with van der Waals surface area (Å²) in [6.45, 7) is 9.56. The summed E-state index contributed by atoms with van der Waals surface area (Å²) in [5, 5.41) is 6.67. The van der Waals surface area contributed by atoms with Crippen molar-refractivity contribution in [3.05, 3.63) is 101 Å². The quantitative estimate of drug-likeness (QED) is 0.267. The van der Waals surface area contributed by atoms with Gasteiger partial charge in [0.05, 0.1) is 0 Å². The lowest BCUT2D eigenvalue weighted by Crippen LogP contribution is -2.39. The van der Waals surface area contributed by atoms with Crippen molar-refractivity contribution in [1.29, 1.82) is 0 Å². The van der Waals surface area contributed by atoms with Crippen LogP contribution in [0.4, 0.5) is 8.78 Å². The Hall–Kier alpha value is -3.16. The summed E-state index contributed by atoms with van der Waals surface area (Å²) < 4.78 is 24.4. The van der Waals surface area contributed by atoms with E-state index in [0.717, 1.165) is 51.5 Å². The highest BCUT2D eigenvalue weighted by atomic mass is 19.1. The van der Waals surface area contributed by atoms with Gasteiger partial charge in [0.25, 0.3) is 0 Å². The average molecular weight is 551 g/mol. The van der Waals surface area contributed by atoms with E-state index >= 15 is 0 Å². The molecule has 2 atom stereocenters. The molecule has 2 aromatic carbocycles. The molecule has 4 rings (SSSR count). The number of piperidine rings is 1. The number of nitrogens with zero attached hydrogens (tertiary/aromatic N) is 2.